The van der Waals surface area contributed by atoms with Crippen molar-refractivity contribution in [1.29, 1.82) is 0 Å². The fourth-order valence-electron chi connectivity index (χ4n) is 3.64. The summed E-state index contributed by atoms with van der Waals surface area (Å²) in [6, 6.07) is 6.87. The molecule has 144 valence electrons. The fraction of sp³-hybridized carbons (Fsp3) is 0.400. The molecule has 3 rings (SSSR count). The topological polar surface area (TPSA) is 53.4 Å². The van der Waals surface area contributed by atoms with Crippen LogP contribution in [0.4, 0.5) is 13.2 Å². The lowest BCUT2D eigenvalue weighted by molar-refractivity contribution is -0.143. The molecule has 1 aromatic heterocycles. The van der Waals surface area contributed by atoms with E-state index in [1.54, 1.807) is 12.4 Å². The van der Waals surface area contributed by atoms with Gasteiger partial charge in [0.2, 0.25) is 0 Å². The minimum atomic E-state index is -4.37. The number of alkyl halides is 3. The maximum absolute atomic E-state index is 12.9. The Hall–Kier alpha value is -2.41. The van der Waals surface area contributed by atoms with Crippen molar-refractivity contribution in [3.05, 3.63) is 65.0 Å². The van der Waals surface area contributed by atoms with Gasteiger partial charge in [0.05, 0.1) is 17.5 Å². The van der Waals surface area contributed by atoms with Crippen LogP contribution in [0.25, 0.3) is 0 Å². The molecule has 0 radical (unpaired) electrons. The van der Waals surface area contributed by atoms with Gasteiger partial charge in [-0.3, -0.25) is 14.7 Å². The molecule has 1 N–H and O–H groups in total. The summed E-state index contributed by atoms with van der Waals surface area (Å²) in [6.07, 6.45) is 0.0769. The molecule has 1 aliphatic rings. The first-order chi connectivity index (χ1) is 12.8. The lowest BCUT2D eigenvalue weighted by Gasteiger charge is -2.37. The van der Waals surface area contributed by atoms with Crippen LogP contribution in [0.2, 0.25) is 0 Å². The van der Waals surface area contributed by atoms with Gasteiger partial charge in [-0.2, -0.15) is 13.2 Å². The number of hydrogen-bond donors (Lipinski definition) is 1. The van der Waals surface area contributed by atoms with Gasteiger partial charge in [0.15, 0.2) is 0 Å². The first-order valence-corrected chi connectivity index (χ1v) is 8.82. The number of aliphatic carboxylic acids is 1. The number of benzene rings is 1. The van der Waals surface area contributed by atoms with Gasteiger partial charge in [-0.15, -0.1) is 0 Å². The molecule has 4 nitrogen and oxygen atoms in total. The van der Waals surface area contributed by atoms with E-state index in [1.807, 2.05) is 13.0 Å². The molecule has 1 aliphatic heterocycles. The Labute approximate surface area is 155 Å². The summed E-state index contributed by atoms with van der Waals surface area (Å²) in [4.78, 5) is 17.5. The number of rotatable bonds is 4. The smallest absolute Gasteiger partial charge is 0.416 e. The highest BCUT2D eigenvalue weighted by Crippen LogP contribution is 2.36. The molecular weight excluding hydrogens is 357 g/mol. The molecule has 1 saturated heterocycles. The molecule has 1 fully saturated rings. The number of likely N-dealkylation sites (tertiary alicyclic amines) is 1. The van der Waals surface area contributed by atoms with Gasteiger partial charge >= 0.3 is 12.1 Å². The molecule has 0 amide bonds. The number of piperidine rings is 1. The predicted molar refractivity (Wildman–Crippen MR) is 94.2 cm³/mol. The molecule has 7 heteroatoms. The van der Waals surface area contributed by atoms with Crippen LogP contribution in [0.1, 0.15) is 41.1 Å². The molecule has 1 aromatic carbocycles. The van der Waals surface area contributed by atoms with Gasteiger partial charge < -0.3 is 5.11 Å². The molecule has 1 unspecified atom stereocenters. The van der Waals surface area contributed by atoms with E-state index in [0.29, 0.717) is 25.9 Å². The van der Waals surface area contributed by atoms with Gasteiger partial charge in [-0.25, -0.2) is 0 Å². The Morgan fingerprint density at radius 1 is 1.19 bits per heavy atom. The van der Waals surface area contributed by atoms with Crippen LogP contribution in [0.3, 0.4) is 0 Å². The highest BCUT2D eigenvalue weighted by Gasteiger charge is 2.33. The minimum absolute atomic E-state index is 0.231. The van der Waals surface area contributed by atoms with Crippen LogP contribution in [0.5, 0.6) is 0 Å². The van der Waals surface area contributed by atoms with E-state index in [-0.39, 0.29) is 12.0 Å². The quantitative estimate of drug-likeness (QED) is 0.862. The van der Waals surface area contributed by atoms with Crippen molar-refractivity contribution < 1.29 is 23.1 Å². The van der Waals surface area contributed by atoms with Gasteiger partial charge in [0, 0.05) is 12.4 Å². The fourth-order valence-corrected chi connectivity index (χ4v) is 3.64. The Morgan fingerprint density at radius 3 is 2.33 bits per heavy atom. The van der Waals surface area contributed by atoms with E-state index in [2.05, 4.69) is 9.88 Å². The van der Waals surface area contributed by atoms with Crippen LogP contribution in [-0.4, -0.2) is 34.0 Å². The minimum Gasteiger partial charge on any atom is -0.481 e. The van der Waals surface area contributed by atoms with Crippen LogP contribution in [-0.2, 0) is 11.0 Å². The van der Waals surface area contributed by atoms with Gasteiger partial charge in [-0.1, -0.05) is 12.1 Å². The van der Waals surface area contributed by atoms with E-state index in [9.17, 15) is 23.1 Å². The van der Waals surface area contributed by atoms with Crippen LogP contribution in [0.15, 0.2) is 42.7 Å². The van der Waals surface area contributed by atoms with Crippen molar-refractivity contribution in [2.75, 3.05) is 13.1 Å². The molecule has 27 heavy (non-hydrogen) atoms. The molecule has 0 saturated carbocycles. The second kappa shape index (κ2) is 7.68. The van der Waals surface area contributed by atoms with Crippen molar-refractivity contribution in [1.82, 2.24) is 9.88 Å². The molecule has 1 atom stereocenters. The first-order valence-electron chi connectivity index (χ1n) is 8.82. The summed E-state index contributed by atoms with van der Waals surface area (Å²) < 4.78 is 38.7. The summed E-state index contributed by atoms with van der Waals surface area (Å²) in [7, 11) is 0. The van der Waals surface area contributed by atoms with Crippen LogP contribution < -0.4 is 0 Å². The number of aryl methyl sites for hydroxylation is 1. The molecule has 0 spiro atoms. The largest absolute Gasteiger partial charge is 0.481 e. The van der Waals surface area contributed by atoms with Crippen molar-refractivity contribution in [3.8, 4) is 0 Å². The van der Waals surface area contributed by atoms with Crippen LogP contribution in [0, 0.1) is 12.8 Å². The zero-order chi connectivity index (χ0) is 19.6. The second-order valence-corrected chi connectivity index (χ2v) is 6.90. The summed E-state index contributed by atoms with van der Waals surface area (Å²) >= 11 is 0. The van der Waals surface area contributed by atoms with E-state index in [1.165, 1.54) is 12.1 Å². The summed E-state index contributed by atoms with van der Waals surface area (Å²) in [5.41, 5.74) is 1.99. The zero-order valence-corrected chi connectivity index (χ0v) is 14.9. The van der Waals surface area contributed by atoms with Crippen molar-refractivity contribution in [3.63, 3.8) is 0 Å². The number of nitrogens with zero attached hydrogens (tertiary/aromatic N) is 2. The predicted octanol–water partition coefficient (Wildman–Crippen LogP) is 4.29. The summed E-state index contributed by atoms with van der Waals surface area (Å²) in [5, 5.41) is 9.21. The standard InChI is InChI=1S/C20H21F3N2O2/c1-13-12-24-9-6-17(13)18(25-10-7-15(8-11-25)19(26)27)14-2-4-16(5-3-14)20(21,22)23/h2-6,9,12,15,18H,7-8,10-11H2,1H3,(H,26,27). The highest BCUT2D eigenvalue weighted by molar-refractivity contribution is 5.70. The molecule has 0 aliphatic carbocycles. The maximum atomic E-state index is 12.9. The molecular formula is C20H21F3N2O2. The number of hydrogen-bond acceptors (Lipinski definition) is 3. The number of aromatic nitrogens is 1. The maximum Gasteiger partial charge on any atom is 0.416 e. The summed E-state index contributed by atoms with van der Waals surface area (Å²) in [5.74, 6) is -1.16. The average Bonchev–Trinajstić information content (AvgIpc) is 2.64. The number of carboxylic acid groups (broad SMARTS) is 1. The van der Waals surface area contributed by atoms with Gasteiger partial charge in [0.25, 0.3) is 0 Å². The number of carboxylic acids is 1. The summed E-state index contributed by atoms with van der Waals surface area (Å²) in [6.45, 7) is 3.07. The van der Waals surface area contributed by atoms with Crippen molar-refractivity contribution in [2.24, 2.45) is 5.92 Å². The number of carbonyl (C=O) groups is 1. The molecule has 2 heterocycles. The van der Waals surface area contributed by atoms with E-state index in [4.69, 9.17) is 0 Å². The Morgan fingerprint density at radius 2 is 1.81 bits per heavy atom. The number of pyridine rings is 1. The Bertz CT molecular complexity index is 798. The third kappa shape index (κ3) is 4.30. The third-order valence-electron chi connectivity index (χ3n) is 5.16. The molecule has 2 aromatic rings. The monoisotopic (exact) mass is 378 g/mol. The zero-order valence-electron chi connectivity index (χ0n) is 14.9. The SMILES string of the molecule is Cc1cnccc1C(c1ccc(C(F)(F)F)cc1)N1CCC(C(=O)O)CC1. The average molecular weight is 378 g/mol. The highest BCUT2D eigenvalue weighted by atomic mass is 19.4. The van der Waals surface area contributed by atoms with Crippen molar-refractivity contribution in [2.45, 2.75) is 32.0 Å². The first kappa shape index (κ1) is 19.4. The van der Waals surface area contributed by atoms with Crippen molar-refractivity contribution >= 4 is 5.97 Å². The lowest BCUT2D eigenvalue weighted by atomic mass is 9.90. The van der Waals surface area contributed by atoms with E-state index < -0.39 is 17.7 Å². The Kier molecular flexibility index (Phi) is 5.51. The number of halogens is 3. The van der Waals surface area contributed by atoms with Gasteiger partial charge in [0.1, 0.15) is 0 Å². The normalized spacial score (nSPS) is 17.6. The van der Waals surface area contributed by atoms with E-state index in [0.717, 1.165) is 28.8 Å². The Balaban J connectivity index is 1.94. The lowest BCUT2D eigenvalue weighted by Crippen LogP contribution is -2.39. The van der Waals surface area contributed by atoms with Gasteiger partial charge in [-0.05, 0) is 67.7 Å². The van der Waals surface area contributed by atoms with E-state index >= 15 is 0 Å². The molecule has 0 bridgehead atoms. The second-order valence-electron chi connectivity index (χ2n) is 6.90. The van der Waals surface area contributed by atoms with Crippen LogP contribution >= 0.6 is 0 Å². The third-order valence-corrected chi connectivity index (χ3v) is 5.16.